The van der Waals surface area contributed by atoms with Crippen LogP contribution in [0.2, 0.25) is 0 Å². The molecule has 6 heteroatoms. The van der Waals surface area contributed by atoms with E-state index in [4.69, 9.17) is 18.9 Å². The van der Waals surface area contributed by atoms with Gasteiger partial charge < -0.3 is 29.6 Å². The van der Waals surface area contributed by atoms with Crippen molar-refractivity contribution in [3.05, 3.63) is 58.7 Å². The molecule has 2 N–H and O–H groups in total. The van der Waals surface area contributed by atoms with E-state index in [1.807, 2.05) is 12.1 Å². The summed E-state index contributed by atoms with van der Waals surface area (Å²) >= 11 is 0. The van der Waals surface area contributed by atoms with E-state index in [0.717, 1.165) is 87.7 Å². The molecule has 36 heavy (non-hydrogen) atoms. The van der Waals surface area contributed by atoms with Crippen molar-refractivity contribution >= 4 is 0 Å². The van der Waals surface area contributed by atoms with Gasteiger partial charge in [-0.3, -0.25) is 0 Å². The van der Waals surface area contributed by atoms with Crippen LogP contribution in [0.4, 0.5) is 0 Å². The molecule has 0 heterocycles. The summed E-state index contributed by atoms with van der Waals surface area (Å²) in [5.41, 5.74) is 5.12. The van der Waals surface area contributed by atoms with Crippen LogP contribution >= 0.6 is 0 Å². The molecule has 2 aromatic rings. The molecule has 6 nitrogen and oxygen atoms in total. The van der Waals surface area contributed by atoms with Gasteiger partial charge in [0.25, 0.3) is 0 Å². The van der Waals surface area contributed by atoms with E-state index in [0.29, 0.717) is 0 Å². The average Bonchev–Trinajstić information content (AvgIpc) is 2.92. The molecule has 0 aliphatic heterocycles. The number of benzene rings is 2. The number of methoxy groups -OCH3 is 4. The lowest BCUT2D eigenvalue weighted by molar-refractivity contribution is 0.351. The summed E-state index contributed by atoms with van der Waals surface area (Å²) < 4.78 is 22.0. The third-order valence-electron chi connectivity index (χ3n) is 6.48. The van der Waals surface area contributed by atoms with E-state index in [-0.39, 0.29) is 0 Å². The van der Waals surface area contributed by atoms with E-state index in [9.17, 15) is 0 Å². The summed E-state index contributed by atoms with van der Waals surface area (Å²) in [6, 6.07) is 8.31. The Balaban J connectivity index is 1.62. The van der Waals surface area contributed by atoms with Gasteiger partial charge in [-0.15, -0.1) is 0 Å². The van der Waals surface area contributed by atoms with Crippen LogP contribution < -0.4 is 29.6 Å². The van der Waals surface area contributed by atoms with Crippen molar-refractivity contribution < 1.29 is 18.9 Å². The standard InChI is InChI=1S/C30H46N2O4/c1-7-25-23(13-15-27(33-3)29(25)35-5)17-21-31-19-11-9-10-12-20-32-22-18-24-14-16-28(34-4)30(36-6)26(24)8-2/h9-10,13-16,31-32H,7-8,11-12,17-22H2,1-6H3. The minimum Gasteiger partial charge on any atom is -0.493 e. The van der Waals surface area contributed by atoms with Gasteiger partial charge in [-0.05, 0) is 88.0 Å². The molecular formula is C30H46N2O4. The quantitative estimate of drug-likeness (QED) is 0.219. The van der Waals surface area contributed by atoms with E-state index < -0.39 is 0 Å². The second-order valence-corrected chi connectivity index (χ2v) is 8.63. The molecule has 0 atom stereocenters. The van der Waals surface area contributed by atoms with Crippen LogP contribution in [0.5, 0.6) is 23.0 Å². The van der Waals surface area contributed by atoms with Gasteiger partial charge >= 0.3 is 0 Å². The van der Waals surface area contributed by atoms with Crippen molar-refractivity contribution in [1.29, 1.82) is 0 Å². The predicted octanol–water partition coefficient (Wildman–Crippen LogP) is 5.15. The van der Waals surface area contributed by atoms with E-state index in [1.54, 1.807) is 28.4 Å². The maximum absolute atomic E-state index is 5.59. The first-order chi connectivity index (χ1) is 17.6. The highest BCUT2D eigenvalue weighted by molar-refractivity contribution is 5.51. The second-order valence-electron chi connectivity index (χ2n) is 8.63. The Morgan fingerprint density at radius 1 is 0.583 bits per heavy atom. The van der Waals surface area contributed by atoms with Crippen LogP contribution in [0.25, 0.3) is 0 Å². The Labute approximate surface area is 218 Å². The molecule has 0 aromatic heterocycles. The van der Waals surface area contributed by atoms with Crippen LogP contribution in [0.15, 0.2) is 36.4 Å². The van der Waals surface area contributed by atoms with Crippen molar-refractivity contribution in [3.63, 3.8) is 0 Å². The van der Waals surface area contributed by atoms with Gasteiger partial charge in [0.2, 0.25) is 0 Å². The number of nitrogens with one attached hydrogen (secondary N) is 2. The molecule has 0 aliphatic carbocycles. The van der Waals surface area contributed by atoms with Crippen LogP contribution in [-0.4, -0.2) is 54.6 Å². The molecular weight excluding hydrogens is 452 g/mol. The summed E-state index contributed by atoms with van der Waals surface area (Å²) in [4.78, 5) is 0. The third kappa shape index (κ3) is 8.45. The fraction of sp³-hybridized carbons (Fsp3) is 0.533. The molecule has 0 radical (unpaired) electrons. The second kappa shape index (κ2) is 16.9. The van der Waals surface area contributed by atoms with Gasteiger partial charge in [0.15, 0.2) is 23.0 Å². The van der Waals surface area contributed by atoms with Gasteiger partial charge in [-0.2, -0.15) is 0 Å². The fourth-order valence-electron chi connectivity index (χ4n) is 4.61. The van der Waals surface area contributed by atoms with Gasteiger partial charge in [0.1, 0.15) is 0 Å². The first-order valence-electron chi connectivity index (χ1n) is 13.2. The highest BCUT2D eigenvalue weighted by Gasteiger charge is 2.14. The van der Waals surface area contributed by atoms with Crippen LogP contribution in [0.3, 0.4) is 0 Å². The predicted molar refractivity (Wildman–Crippen MR) is 149 cm³/mol. The molecule has 200 valence electrons. The molecule has 0 unspecified atom stereocenters. The van der Waals surface area contributed by atoms with Gasteiger partial charge in [0, 0.05) is 11.1 Å². The smallest absolute Gasteiger partial charge is 0.164 e. The molecule has 0 fully saturated rings. The zero-order valence-electron chi connectivity index (χ0n) is 23.2. The SMILES string of the molecule is CCc1c(CCNCCC=CCCNCCc2ccc(OC)c(OC)c2CC)ccc(OC)c1OC. The summed E-state index contributed by atoms with van der Waals surface area (Å²) in [5.74, 6) is 3.34. The largest absolute Gasteiger partial charge is 0.493 e. The van der Waals surface area contributed by atoms with Crippen LogP contribution in [0, 0.1) is 0 Å². The topological polar surface area (TPSA) is 61.0 Å². The Hall–Kier alpha value is -2.70. The lowest BCUT2D eigenvalue weighted by atomic mass is 10.0. The van der Waals surface area contributed by atoms with Crippen LogP contribution in [0.1, 0.15) is 48.9 Å². The number of rotatable bonds is 18. The summed E-state index contributed by atoms with van der Waals surface area (Å²) in [6.45, 7) is 8.19. The molecule has 0 bridgehead atoms. The minimum absolute atomic E-state index is 0.803. The fourth-order valence-corrected chi connectivity index (χ4v) is 4.61. The summed E-state index contributed by atoms with van der Waals surface area (Å²) in [5, 5.41) is 7.10. The number of hydrogen-bond donors (Lipinski definition) is 2. The minimum atomic E-state index is 0.803. The van der Waals surface area contributed by atoms with E-state index >= 15 is 0 Å². The molecule has 2 rings (SSSR count). The lowest BCUT2D eigenvalue weighted by Gasteiger charge is -2.16. The van der Waals surface area contributed by atoms with E-state index in [1.165, 1.54) is 22.3 Å². The zero-order chi connectivity index (χ0) is 26.2. The van der Waals surface area contributed by atoms with Crippen LogP contribution in [-0.2, 0) is 25.7 Å². The Morgan fingerprint density at radius 3 is 1.33 bits per heavy atom. The summed E-state index contributed by atoms with van der Waals surface area (Å²) in [6.07, 6.45) is 10.4. The molecule has 0 spiro atoms. The molecule has 0 saturated carbocycles. The Morgan fingerprint density at radius 2 is 1.00 bits per heavy atom. The Bertz CT molecular complexity index is 868. The summed E-state index contributed by atoms with van der Waals surface area (Å²) in [7, 11) is 6.79. The van der Waals surface area contributed by atoms with Gasteiger partial charge in [-0.25, -0.2) is 0 Å². The van der Waals surface area contributed by atoms with Crippen molar-refractivity contribution in [2.45, 2.75) is 52.4 Å². The van der Waals surface area contributed by atoms with Crippen molar-refractivity contribution in [2.24, 2.45) is 0 Å². The molecule has 0 amide bonds. The van der Waals surface area contributed by atoms with Gasteiger partial charge in [0.05, 0.1) is 28.4 Å². The first-order valence-corrected chi connectivity index (χ1v) is 13.2. The zero-order valence-corrected chi connectivity index (χ0v) is 23.2. The normalized spacial score (nSPS) is 11.2. The number of hydrogen-bond acceptors (Lipinski definition) is 6. The molecule has 2 aromatic carbocycles. The maximum atomic E-state index is 5.59. The highest BCUT2D eigenvalue weighted by atomic mass is 16.5. The monoisotopic (exact) mass is 498 g/mol. The van der Waals surface area contributed by atoms with E-state index in [2.05, 4.69) is 48.8 Å². The lowest BCUT2D eigenvalue weighted by Crippen LogP contribution is -2.19. The van der Waals surface area contributed by atoms with Crippen molar-refractivity contribution in [3.8, 4) is 23.0 Å². The first kappa shape index (κ1) is 29.5. The molecule has 0 saturated heterocycles. The van der Waals surface area contributed by atoms with Gasteiger partial charge in [-0.1, -0.05) is 38.1 Å². The maximum Gasteiger partial charge on any atom is 0.164 e. The Kier molecular flexibility index (Phi) is 13.8. The van der Waals surface area contributed by atoms with Crippen molar-refractivity contribution in [1.82, 2.24) is 10.6 Å². The number of ether oxygens (including phenoxy) is 4. The third-order valence-corrected chi connectivity index (χ3v) is 6.48. The average molecular weight is 499 g/mol. The van der Waals surface area contributed by atoms with Crippen molar-refractivity contribution in [2.75, 3.05) is 54.6 Å². The highest BCUT2D eigenvalue weighted by Crippen LogP contribution is 2.35. The molecule has 0 aliphatic rings.